The first-order valence-electron chi connectivity index (χ1n) is 12.6. The average Bonchev–Trinajstić information content (AvgIpc) is 2.90. The van der Waals surface area contributed by atoms with E-state index in [2.05, 4.69) is 5.32 Å². The van der Waals surface area contributed by atoms with Crippen LogP contribution in [0.15, 0.2) is 60.7 Å². The number of hydrogen-bond acceptors (Lipinski definition) is 3. The number of benzene rings is 3. The van der Waals surface area contributed by atoms with Crippen molar-refractivity contribution >= 4 is 17.5 Å². The minimum atomic E-state index is -4.51. The molecule has 4 rings (SSSR count). The van der Waals surface area contributed by atoms with Crippen molar-refractivity contribution in [2.75, 3.05) is 25.5 Å². The van der Waals surface area contributed by atoms with Gasteiger partial charge in [-0.2, -0.15) is 13.2 Å². The molecule has 1 heterocycles. The van der Waals surface area contributed by atoms with Crippen LogP contribution in [-0.4, -0.2) is 36.9 Å². The number of nitrogens with one attached hydrogen (secondary N) is 1. The second-order valence-corrected chi connectivity index (χ2v) is 9.71. The molecule has 1 aliphatic heterocycles. The van der Waals surface area contributed by atoms with Gasteiger partial charge in [0.1, 0.15) is 5.75 Å². The lowest BCUT2D eigenvalue weighted by atomic mass is 9.89. The van der Waals surface area contributed by atoms with Crippen molar-refractivity contribution in [3.63, 3.8) is 0 Å². The number of hydrogen-bond donors (Lipinski definition) is 1. The first-order chi connectivity index (χ1) is 18.1. The van der Waals surface area contributed by atoms with Gasteiger partial charge in [0.05, 0.1) is 24.7 Å². The third kappa shape index (κ3) is 6.18. The molecule has 1 fully saturated rings. The molecule has 0 atom stereocenters. The molecule has 0 radical (unpaired) electrons. The molecule has 0 spiro atoms. The average molecular weight is 525 g/mol. The highest BCUT2D eigenvalue weighted by Gasteiger charge is 2.33. The van der Waals surface area contributed by atoms with Gasteiger partial charge in [-0.15, -0.1) is 0 Å². The summed E-state index contributed by atoms with van der Waals surface area (Å²) in [5.74, 6) is 0.306. The second kappa shape index (κ2) is 11.3. The number of nitrogens with zero attached hydrogens (tertiary/aromatic N) is 1. The third-order valence-electron chi connectivity index (χ3n) is 7.17. The van der Waals surface area contributed by atoms with Crippen LogP contribution in [-0.2, 0) is 17.4 Å². The number of aryl methyl sites for hydroxylation is 2. The van der Waals surface area contributed by atoms with Crippen LogP contribution in [0.5, 0.6) is 5.75 Å². The summed E-state index contributed by atoms with van der Waals surface area (Å²) >= 11 is 0. The van der Waals surface area contributed by atoms with Crippen LogP contribution in [0.3, 0.4) is 0 Å². The van der Waals surface area contributed by atoms with Crippen LogP contribution < -0.4 is 10.1 Å². The maximum atomic E-state index is 13.2. The molecule has 0 bridgehead atoms. The number of amides is 2. The van der Waals surface area contributed by atoms with Crippen molar-refractivity contribution in [2.24, 2.45) is 0 Å². The SMILES string of the molecule is COc1cc(C)c(C)cc1C(=O)N1CCC(c2ccc(NC(=O)Cc3ccccc3C(F)(F)F)cc2)CC1. The van der Waals surface area contributed by atoms with Crippen LogP contribution in [0.4, 0.5) is 18.9 Å². The largest absolute Gasteiger partial charge is 0.496 e. The van der Waals surface area contributed by atoms with Crippen LogP contribution in [0, 0.1) is 13.8 Å². The number of carbonyl (C=O) groups is 2. The molecule has 1 aliphatic rings. The quantitative estimate of drug-likeness (QED) is 0.399. The second-order valence-electron chi connectivity index (χ2n) is 9.71. The lowest BCUT2D eigenvalue weighted by molar-refractivity contribution is -0.138. The number of piperidine rings is 1. The molecule has 5 nitrogen and oxygen atoms in total. The van der Waals surface area contributed by atoms with Gasteiger partial charge in [-0.3, -0.25) is 9.59 Å². The summed E-state index contributed by atoms with van der Waals surface area (Å²) in [6.45, 7) is 5.21. The summed E-state index contributed by atoms with van der Waals surface area (Å²) in [6.07, 6.45) is -3.27. The molecule has 3 aromatic carbocycles. The minimum Gasteiger partial charge on any atom is -0.496 e. The van der Waals surface area contributed by atoms with Crippen LogP contribution in [0.2, 0.25) is 0 Å². The first kappa shape index (κ1) is 27.2. The first-order valence-corrected chi connectivity index (χ1v) is 12.6. The Morgan fingerprint density at radius 2 is 1.61 bits per heavy atom. The van der Waals surface area contributed by atoms with Crippen LogP contribution in [0.1, 0.15) is 56.9 Å². The molecule has 0 unspecified atom stereocenters. The molecule has 3 aromatic rings. The number of alkyl halides is 3. The van der Waals surface area contributed by atoms with E-state index in [9.17, 15) is 22.8 Å². The van der Waals surface area contributed by atoms with Gasteiger partial charge in [0.15, 0.2) is 0 Å². The van der Waals surface area contributed by atoms with Crippen molar-refractivity contribution in [3.05, 3.63) is 94.0 Å². The van der Waals surface area contributed by atoms with Crippen molar-refractivity contribution < 1.29 is 27.5 Å². The van der Waals surface area contributed by atoms with Crippen molar-refractivity contribution in [1.29, 1.82) is 0 Å². The minimum absolute atomic E-state index is 0.0337. The summed E-state index contributed by atoms with van der Waals surface area (Å²) in [4.78, 5) is 27.5. The summed E-state index contributed by atoms with van der Waals surface area (Å²) in [5, 5.41) is 2.69. The lowest BCUT2D eigenvalue weighted by Gasteiger charge is -2.32. The number of halogens is 3. The Morgan fingerprint density at radius 1 is 0.974 bits per heavy atom. The predicted molar refractivity (Wildman–Crippen MR) is 141 cm³/mol. The van der Waals surface area contributed by atoms with E-state index in [0.717, 1.165) is 35.6 Å². The van der Waals surface area contributed by atoms with E-state index in [0.29, 0.717) is 30.1 Å². The number of methoxy groups -OCH3 is 1. The number of carbonyl (C=O) groups excluding carboxylic acids is 2. The molecular weight excluding hydrogens is 493 g/mol. The number of anilines is 1. The fourth-order valence-electron chi connectivity index (χ4n) is 4.88. The molecular formula is C30H31F3N2O3. The van der Waals surface area contributed by atoms with E-state index in [-0.39, 0.29) is 23.8 Å². The Morgan fingerprint density at radius 3 is 2.24 bits per heavy atom. The van der Waals surface area contributed by atoms with E-state index in [1.807, 2.05) is 43.0 Å². The summed E-state index contributed by atoms with van der Waals surface area (Å²) in [7, 11) is 1.57. The molecule has 38 heavy (non-hydrogen) atoms. The van der Waals surface area contributed by atoms with E-state index in [4.69, 9.17) is 4.74 Å². The molecule has 2 amide bonds. The molecule has 0 aliphatic carbocycles. The number of ether oxygens (including phenoxy) is 1. The summed E-state index contributed by atoms with van der Waals surface area (Å²) in [6, 6.07) is 16.3. The highest BCUT2D eigenvalue weighted by molar-refractivity contribution is 5.97. The van der Waals surface area contributed by atoms with Gasteiger partial charge in [0.25, 0.3) is 5.91 Å². The zero-order valence-electron chi connectivity index (χ0n) is 21.7. The Kier molecular flexibility index (Phi) is 8.09. The van der Waals surface area contributed by atoms with Crippen molar-refractivity contribution in [2.45, 2.75) is 45.2 Å². The van der Waals surface area contributed by atoms with Gasteiger partial charge >= 0.3 is 6.18 Å². The molecule has 0 aromatic heterocycles. The predicted octanol–water partition coefficient (Wildman–Crippen LogP) is 6.53. The van der Waals surface area contributed by atoms with E-state index < -0.39 is 17.6 Å². The molecule has 0 saturated carbocycles. The smallest absolute Gasteiger partial charge is 0.416 e. The standard InChI is InChI=1S/C30H31F3N2O3/c1-19-16-25(27(38-3)17-20(19)2)29(37)35-14-12-22(13-15-35)21-8-10-24(11-9-21)34-28(36)18-23-6-4-5-7-26(23)30(31,32)33/h4-11,16-17,22H,12-15,18H2,1-3H3,(H,34,36). The summed E-state index contributed by atoms with van der Waals surface area (Å²) in [5.41, 5.74) is 3.45. The highest BCUT2D eigenvalue weighted by atomic mass is 19.4. The Labute approximate surface area is 220 Å². The molecule has 1 saturated heterocycles. The monoisotopic (exact) mass is 524 g/mol. The van der Waals surface area contributed by atoms with Gasteiger partial charge in [-0.1, -0.05) is 30.3 Å². The molecule has 8 heteroatoms. The summed E-state index contributed by atoms with van der Waals surface area (Å²) < 4.78 is 45.1. The zero-order chi connectivity index (χ0) is 27.4. The van der Waals surface area contributed by atoms with Crippen molar-refractivity contribution in [1.82, 2.24) is 4.90 Å². The maximum absolute atomic E-state index is 13.2. The van der Waals surface area contributed by atoms with Gasteiger partial charge in [0, 0.05) is 18.8 Å². The number of rotatable bonds is 6. The third-order valence-corrected chi connectivity index (χ3v) is 7.17. The topological polar surface area (TPSA) is 58.6 Å². The van der Waals surface area contributed by atoms with Crippen molar-refractivity contribution in [3.8, 4) is 5.75 Å². The van der Waals surface area contributed by atoms with E-state index >= 15 is 0 Å². The maximum Gasteiger partial charge on any atom is 0.416 e. The highest BCUT2D eigenvalue weighted by Crippen LogP contribution is 2.33. The van der Waals surface area contributed by atoms with E-state index in [1.54, 1.807) is 19.2 Å². The molecule has 1 N–H and O–H groups in total. The van der Waals surface area contributed by atoms with Gasteiger partial charge in [-0.05, 0) is 85.2 Å². The Bertz CT molecular complexity index is 1310. The van der Waals surface area contributed by atoms with E-state index in [1.165, 1.54) is 18.2 Å². The van der Waals surface area contributed by atoms with Gasteiger partial charge in [0.2, 0.25) is 5.91 Å². The Balaban J connectivity index is 1.34. The fraction of sp³-hybridized carbons (Fsp3) is 0.333. The van der Waals surface area contributed by atoms with Crippen LogP contribution >= 0.6 is 0 Å². The normalized spacial score (nSPS) is 14.3. The Hall–Kier alpha value is -3.81. The van der Waals surface area contributed by atoms with Crippen LogP contribution in [0.25, 0.3) is 0 Å². The molecule has 200 valence electrons. The zero-order valence-corrected chi connectivity index (χ0v) is 21.7. The lowest BCUT2D eigenvalue weighted by Crippen LogP contribution is -2.38. The number of likely N-dealkylation sites (tertiary alicyclic amines) is 1. The fourth-order valence-corrected chi connectivity index (χ4v) is 4.88. The van der Waals surface area contributed by atoms with Gasteiger partial charge < -0.3 is 15.0 Å². The van der Waals surface area contributed by atoms with Gasteiger partial charge in [-0.25, -0.2) is 0 Å².